The molecular weight excluding hydrogens is 352 g/mol. The van der Waals surface area contributed by atoms with Gasteiger partial charge in [-0.1, -0.05) is 6.07 Å². The topological polar surface area (TPSA) is 53.0 Å². The number of rotatable bonds is 4. The molecule has 1 saturated heterocycles. The molecule has 0 radical (unpaired) electrons. The van der Waals surface area contributed by atoms with Crippen molar-refractivity contribution in [3.63, 3.8) is 0 Å². The van der Waals surface area contributed by atoms with Crippen LogP contribution in [-0.2, 0) is 6.54 Å². The molecule has 8 heteroatoms. The van der Waals surface area contributed by atoms with E-state index in [0.717, 1.165) is 17.6 Å². The average Bonchev–Trinajstić information content (AvgIpc) is 2.71. The van der Waals surface area contributed by atoms with Gasteiger partial charge in [0.05, 0.1) is 12.8 Å². The number of methoxy groups -OCH3 is 1. The Morgan fingerprint density at radius 1 is 1.22 bits per heavy atom. The summed E-state index contributed by atoms with van der Waals surface area (Å²) >= 11 is 0. The number of benzene rings is 1. The zero-order chi connectivity index (χ0) is 19.2. The predicted molar refractivity (Wildman–Crippen MR) is 101 cm³/mol. The third-order valence-electron chi connectivity index (χ3n) is 4.52. The molecule has 144 valence electrons. The third kappa shape index (κ3) is 4.45. The van der Waals surface area contributed by atoms with Gasteiger partial charge in [-0.2, -0.15) is 0 Å². The Morgan fingerprint density at radius 2 is 2.00 bits per heavy atom. The number of guanidine groups is 1. The molecule has 2 heterocycles. The molecule has 1 aliphatic heterocycles. The first kappa shape index (κ1) is 18.9. The van der Waals surface area contributed by atoms with Gasteiger partial charge in [-0.15, -0.1) is 0 Å². The second-order valence-corrected chi connectivity index (χ2v) is 6.14. The maximum atomic E-state index is 14.0. The SMILES string of the molecule is CN=C(NCc1cccnc1OC)N1CCN(c2cc(F)ccc2F)CC1. The maximum absolute atomic E-state index is 14.0. The van der Waals surface area contributed by atoms with Crippen molar-refractivity contribution in [1.29, 1.82) is 0 Å². The van der Waals surface area contributed by atoms with Gasteiger partial charge in [-0.3, -0.25) is 4.99 Å². The highest BCUT2D eigenvalue weighted by Gasteiger charge is 2.22. The lowest BCUT2D eigenvalue weighted by Gasteiger charge is -2.37. The van der Waals surface area contributed by atoms with Crippen molar-refractivity contribution in [2.75, 3.05) is 45.2 Å². The molecule has 3 rings (SSSR count). The Morgan fingerprint density at radius 3 is 2.70 bits per heavy atom. The Hall–Kier alpha value is -2.90. The summed E-state index contributed by atoms with van der Waals surface area (Å²) in [6.07, 6.45) is 1.68. The number of anilines is 1. The van der Waals surface area contributed by atoms with Gasteiger partial charge in [0.2, 0.25) is 5.88 Å². The van der Waals surface area contributed by atoms with Gasteiger partial charge in [0.25, 0.3) is 0 Å². The molecule has 1 fully saturated rings. The van der Waals surface area contributed by atoms with E-state index in [4.69, 9.17) is 4.74 Å². The van der Waals surface area contributed by atoms with Crippen LogP contribution in [0.4, 0.5) is 14.5 Å². The average molecular weight is 375 g/mol. The highest BCUT2D eigenvalue weighted by molar-refractivity contribution is 5.80. The molecule has 2 aromatic rings. The molecule has 0 bridgehead atoms. The minimum atomic E-state index is -0.434. The molecule has 27 heavy (non-hydrogen) atoms. The molecule has 1 aromatic heterocycles. The first-order valence-corrected chi connectivity index (χ1v) is 8.76. The summed E-state index contributed by atoms with van der Waals surface area (Å²) in [7, 11) is 3.31. The number of piperazine rings is 1. The van der Waals surface area contributed by atoms with E-state index in [1.807, 2.05) is 17.0 Å². The summed E-state index contributed by atoms with van der Waals surface area (Å²) in [6.45, 7) is 3.00. The number of aliphatic imine (C=N–C) groups is 1. The number of pyridine rings is 1. The van der Waals surface area contributed by atoms with Crippen LogP contribution >= 0.6 is 0 Å². The summed E-state index contributed by atoms with van der Waals surface area (Å²) in [4.78, 5) is 12.5. The summed E-state index contributed by atoms with van der Waals surface area (Å²) in [5.41, 5.74) is 1.24. The molecule has 0 unspecified atom stereocenters. The van der Waals surface area contributed by atoms with Crippen molar-refractivity contribution in [3.05, 3.63) is 53.7 Å². The predicted octanol–water partition coefficient (Wildman–Crippen LogP) is 2.27. The van der Waals surface area contributed by atoms with Gasteiger partial charge in [-0.05, 0) is 18.2 Å². The Balaban J connectivity index is 1.60. The van der Waals surface area contributed by atoms with E-state index >= 15 is 0 Å². The number of nitrogens with zero attached hydrogens (tertiary/aromatic N) is 4. The van der Waals surface area contributed by atoms with E-state index in [1.165, 1.54) is 12.1 Å². The fourth-order valence-corrected chi connectivity index (χ4v) is 3.14. The van der Waals surface area contributed by atoms with E-state index in [-0.39, 0.29) is 0 Å². The lowest BCUT2D eigenvalue weighted by Crippen LogP contribution is -2.52. The van der Waals surface area contributed by atoms with Gasteiger partial charge in [0.1, 0.15) is 11.6 Å². The van der Waals surface area contributed by atoms with E-state index in [1.54, 1.807) is 20.4 Å². The maximum Gasteiger partial charge on any atom is 0.218 e. The lowest BCUT2D eigenvalue weighted by molar-refractivity contribution is 0.368. The van der Waals surface area contributed by atoms with Crippen LogP contribution in [0.2, 0.25) is 0 Å². The summed E-state index contributed by atoms with van der Waals surface area (Å²) in [6, 6.07) is 7.34. The Labute approximate surface area is 157 Å². The van der Waals surface area contributed by atoms with Crippen LogP contribution in [0.5, 0.6) is 5.88 Å². The first-order chi connectivity index (χ1) is 13.1. The van der Waals surface area contributed by atoms with Crippen LogP contribution in [0.1, 0.15) is 5.56 Å². The van der Waals surface area contributed by atoms with Crippen LogP contribution < -0.4 is 15.0 Å². The fourth-order valence-electron chi connectivity index (χ4n) is 3.14. The van der Waals surface area contributed by atoms with Crippen molar-refractivity contribution in [2.45, 2.75) is 6.54 Å². The van der Waals surface area contributed by atoms with Gasteiger partial charge >= 0.3 is 0 Å². The van der Waals surface area contributed by atoms with E-state index in [0.29, 0.717) is 44.3 Å². The van der Waals surface area contributed by atoms with Crippen molar-refractivity contribution in [1.82, 2.24) is 15.2 Å². The van der Waals surface area contributed by atoms with Crippen molar-refractivity contribution < 1.29 is 13.5 Å². The monoisotopic (exact) mass is 375 g/mol. The molecule has 6 nitrogen and oxygen atoms in total. The van der Waals surface area contributed by atoms with Gasteiger partial charge < -0.3 is 19.9 Å². The Bertz CT molecular complexity index is 806. The highest BCUT2D eigenvalue weighted by atomic mass is 19.1. The van der Waals surface area contributed by atoms with Crippen LogP contribution in [0.25, 0.3) is 0 Å². The van der Waals surface area contributed by atoms with Crippen molar-refractivity contribution in [2.24, 2.45) is 4.99 Å². The standard InChI is InChI=1S/C19H23F2N5O/c1-22-19(24-13-14-4-3-7-23-18(14)27-2)26-10-8-25(9-11-26)17-12-15(20)5-6-16(17)21/h3-7,12H,8-11,13H2,1-2H3,(H,22,24). The zero-order valence-electron chi connectivity index (χ0n) is 15.5. The van der Waals surface area contributed by atoms with Crippen LogP contribution in [0, 0.1) is 11.6 Å². The molecular formula is C19H23F2N5O. The molecule has 0 spiro atoms. The van der Waals surface area contributed by atoms with Gasteiger partial charge in [0, 0.05) is 57.6 Å². The van der Waals surface area contributed by atoms with Crippen molar-refractivity contribution >= 4 is 11.6 Å². The molecule has 0 atom stereocenters. The van der Waals surface area contributed by atoms with Gasteiger partial charge in [-0.25, -0.2) is 13.8 Å². The number of nitrogens with one attached hydrogen (secondary N) is 1. The first-order valence-electron chi connectivity index (χ1n) is 8.76. The zero-order valence-corrected chi connectivity index (χ0v) is 15.5. The second-order valence-electron chi connectivity index (χ2n) is 6.14. The number of halogens is 2. The highest BCUT2D eigenvalue weighted by Crippen LogP contribution is 2.22. The van der Waals surface area contributed by atoms with Gasteiger partial charge in [0.15, 0.2) is 5.96 Å². The smallest absolute Gasteiger partial charge is 0.218 e. The minimum Gasteiger partial charge on any atom is -0.481 e. The molecule has 0 saturated carbocycles. The van der Waals surface area contributed by atoms with Crippen LogP contribution in [-0.4, -0.2) is 56.2 Å². The molecule has 1 aromatic carbocycles. The summed E-state index contributed by atoms with van der Waals surface area (Å²) in [5, 5.41) is 3.31. The third-order valence-corrected chi connectivity index (χ3v) is 4.52. The molecule has 0 amide bonds. The summed E-state index contributed by atoms with van der Waals surface area (Å²) in [5.74, 6) is 0.486. The van der Waals surface area contributed by atoms with Crippen LogP contribution in [0.3, 0.4) is 0 Å². The quantitative estimate of drug-likeness (QED) is 0.656. The molecule has 0 aliphatic carbocycles. The van der Waals surface area contributed by atoms with E-state index in [9.17, 15) is 8.78 Å². The minimum absolute atomic E-state index is 0.303. The van der Waals surface area contributed by atoms with E-state index in [2.05, 4.69) is 20.2 Å². The number of ether oxygens (including phenoxy) is 1. The van der Waals surface area contributed by atoms with Crippen LogP contribution in [0.15, 0.2) is 41.5 Å². The van der Waals surface area contributed by atoms with Crippen molar-refractivity contribution in [3.8, 4) is 5.88 Å². The largest absolute Gasteiger partial charge is 0.481 e. The molecule has 1 aliphatic rings. The lowest BCUT2D eigenvalue weighted by atomic mass is 10.2. The second kappa shape index (κ2) is 8.66. The number of hydrogen-bond acceptors (Lipinski definition) is 4. The fraction of sp³-hybridized carbons (Fsp3) is 0.368. The Kier molecular flexibility index (Phi) is 6.05. The number of aromatic nitrogens is 1. The van der Waals surface area contributed by atoms with E-state index < -0.39 is 11.6 Å². The normalized spacial score (nSPS) is 15.0. The summed E-state index contributed by atoms with van der Waals surface area (Å²) < 4.78 is 32.7. The molecule has 1 N–H and O–H groups in total. The number of hydrogen-bond donors (Lipinski definition) is 1.